The van der Waals surface area contributed by atoms with E-state index in [-0.39, 0.29) is 23.6 Å². The minimum Gasteiger partial charge on any atom is -0.491 e. The van der Waals surface area contributed by atoms with Gasteiger partial charge in [0, 0.05) is 12.6 Å². The molecule has 2 heterocycles. The first kappa shape index (κ1) is 19.4. The lowest BCUT2D eigenvalue weighted by molar-refractivity contribution is 0.213. The van der Waals surface area contributed by atoms with Crippen molar-refractivity contribution in [3.05, 3.63) is 52.6 Å². The Morgan fingerprint density at radius 3 is 2.48 bits per heavy atom. The smallest absolute Gasteiger partial charge is 0.339 e. The molecule has 1 atom stereocenters. The quantitative estimate of drug-likeness (QED) is 0.750. The van der Waals surface area contributed by atoms with E-state index in [9.17, 15) is 13.2 Å². The number of ether oxygens (including phenoxy) is 2. The first-order valence-electron chi connectivity index (χ1n) is 8.79. The Labute approximate surface area is 158 Å². The van der Waals surface area contributed by atoms with Crippen LogP contribution in [0, 0.1) is 6.92 Å². The fraction of sp³-hybridized carbons (Fsp3) is 0.421. The van der Waals surface area contributed by atoms with Crippen molar-refractivity contribution < 1.29 is 22.3 Å². The molecule has 1 aliphatic heterocycles. The van der Waals surface area contributed by atoms with Crippen LogP contribution in [0.5, 0.6) is 11.5 Å². The summed E-state index contributed by atoms with van der Waals surface area (Å²) in [6, 6.07) is 9.29. The summed E-state index contributed by atoms with van der Waals surface area (Å²) in [4.78, 5) is 11.6. The Morgan fingerprint density at radius 2 is 1.85 bits per heavy atom. The largest absolute Gasteiger partial charge is 0.491 e. The molecule has 0 saturated carbocycles. The van der Waals surface area contributed by atoms with Gasteiger partial charge in [-0.25, -0.2) is 13.2 Å². The van der Waals surface area contributed by atoms with E-state index >= 15 is 0 Å². The number of rotatable bonds is 6. The van der Waals surface area contributed by atoms with Crippen LogP contribution in [-0.2, 0) is 10.0 Å². The van der Waals surface area contributed by atoms with Crippen molar-refractivity contribution in [3.8, 4) is 11.5 Å². The summed E-state index contributed by atoms with van der Waals surface area (Å²) in [5, 5.41) is 0. The fourth-order valence-corrected chi connectivity index (χ4v) is 4.45. The van der Waals surface area contributed by atoms with Gasteiger partial charge in [0.05, 0.1) is 23.6 Å². The van der Waals surface area contributed by atoms with Crippen LogP contribution in [-0.4, -0.2) is 38.0 Å². The Hall–Kier alpha value is -2.32. The molecule has 146 valence electrons. The summed E-state index contributed by atoms with van der Waals surface area (Å²) in [7, 11) is -3.61. The van der Waals surface area contributed by atoms with Gasteiger partial charge in [-0.05, 0) is 51.5 Å². The molecule has 1 aromatic heterocycles. The van der Waals surface area contributed by atoms with Crippen molar-refractivity contribution in [3.63, 3.8) is 0 Å². The van der Waals surface area contributed by atoms with E-state index in [2.05, 4.69) is 0 Å². The normalized spacial score (nSPS) is 18.0. The molecule has 8 heteroatoms. The average molecular weight is 393 g/mol. The van der Waals surface area contributed by atoms with Gasteiger partial charge >= 0.3 is 5.63 Å². The lowest BCUT2D eigenvalue weighted by Gasteiger charge is -2.18. The predicted octanol–water partition coefficient (Wildman–Crippen LogP) is 2.58. The Morgan fingerprint density at radius 1 is 1.15 bits per heavy atom. The number of aryl methyl sites for hydroxylation is 1. The zero-order chi connectivity index (χ0) is 19.6. The Balaban J connectivity index is 1.68. The van der Waals surface area contributed by atoms with Gasteiger partial charge in [-0.1, -0.05) is 0 Å². The molecule has 7 nitrogen and oxygen atoms in total. The lowest BCUT2D eigenvalue weighted by atomic mass is 10.3. The number of benzene rings is 1. The first-order chi connectivity index (χ1) is 12.7. The summed E-state index contributed by atoms with van der Waals surface area (Å²) in [6.45, 7) is 6.07. The third kappa shape index (κ3) is 4.70. The molecule has 0 radical (unpaired) electrons. The van der Waals surface area contributed by atoms with Crippen molar-refractivity contribution >= 4 is 10.0 Å². The second-order valence-electron chi connectivity index (χ2n) is 6.75. The Kier molecular flexibility index (Phi) is 5.57. The first-order valence-corrected chi connectivity index (χ1v) is 10.2. The molecule has 27 heavy (non-hydrogen) atoms. The van der Waals surface area contributed by atoms with Gasteiger partial charge in [-0.15, -0.1) is 0 Å². The topological polar surface area (TPSA) is 86.0 Å². The molecule has 1 aromatic carbocycles. The molecule has 1 unspecified atom stereocenters. The van der Waals surface area contributed by atoms with Crippen LogP contribution in [0.1, 0.15) is 26.0 Å². The van der Waals surface area contributed by atoms with Crippen molar-refractivity contribution in [2.75, 3.05) is 13.1 Å². The maximum Gasteiger partial charge on any atom is 0.339 e. The molecule has 1 fully saturated rings. The molecule has 1 aliphatic rings. The molecule has 1 saturated heterocycles. The number of nitrogens with zero attached hydrogens (tertiary/aromatic N) is 1. The van der Waals surface area contributed by atoms with Gasteiger partial charge in [0.2, 0.25) is 10.0 Å². The van der Waals surface area contributed by atoms with Crippen LogP contribution in [0.4, 0.5) is 0 Å². The van der Waals surface area contributed by atoms with Gasteiger partial charge in [-0.2, -0.15) is 4.31 Å². The molecule has 0 bridgehead atoms. The van der Waals surface area contributed by atoms with Gasteiger partial charge in [0.25, 0.3) is 0 Å². The van der Waals surface area contributed by atoms with Crippen LogP contribution in [0.25, 0.3) is 0 Å². The van der Waals surface area contributed by atoms with Crippen LogP contribution in [0.2, 0.25) is 0 Å². The lowest BCUT2D eigenvalue weighted by Crippen LogP contribution is -2.31. The summed E-state index contributed by atoms with van der Waals surface area (Å²) >= 11 is 0. The van der Waals surface area contributed by atoms with Crippen LogP contribution < -0.4 is 15.1 Å². The second-order valence-corrected chi connectivity index (χ2v) is 8.69. The number of hydrogen-bond donors (Lipinski definition) is 0. The van der Waals surface area contributed by atoms with Crippen molar-refractivity contribution in [1.29, 1.82) is 0 Å². The maximum atomic E-state index is 12.8. The van der Waals surface area contributed by atoms with Crippen LogP contribution in [0.3, 0.4) is 0 Å². The maximum absolute atomic E-state index is 12.8. The average Bonchev–Trinajstić information content (AvgIpc) is 3.03. The SMILES string of the molecule is Cc1cc(OC2CCN(S(=O)(=O)c3ccc(OC(C)C)cc3)C2)cc(=O)o1. The highest BCUT2D eigenvalue weighted by molar-refractivity contribution is 7.89. The molecule has 0 amide bonds. The zero-order valence-electron chi connectivity index (χ0n) is 15.5. The minimum atomic E-state index is -3.61. The predicted molar refractivity (Wildman–Crippen MR) is 99.7 cm³/mol. The molecule has 0 spiro atoms. The third-order valence-corrected chi connectivity index (χ3v) is 5.99. The molecule has 2 aromatic rings. The highest BCUT2D eigenvalue weighted by Crippen LogP contribution is 2.25. The molecular formula is C19H23NO6S. The molecular weight excluding hydrogens is 370 g/mol. The van der Waals surface area contributed by atoms with Crippen molar-refractivity contribution in [1.82, 2.24) is 4.31 Å². The van der Waals surface area contributed by atoms with E-state index in [1.807, 2.05) is 13.8 Å². The second kappa shape index (κ2) is 7.74. The van der Waals surface area contributed by atoms with Gasteiger partial charge in [0.1, 0.15) is 23.4 Å². The van der Waals surface area contributed by atoms with E-state index in [0.717, 1.165) is 0 Å². The van der Waals surface area contributed by atoms with Crippen LogP contribution >= 0.6 is 0 Å². The fourth-order valence-electron chi connectivity index (χ4n) is 2.96. The molecule has 0 N–H and O–H groups in total. The third-order valence-electron chi connectivity index (χ3n) is 4.11. The number of sulfonamides is 1. The van der Waals surface area contributed by atoms with Crippen molar-refractivity contribution in [2.45, 2.75) is 44.3 Å². The van der Waals surface area contributed by atoms with Crippen LogP contribution in [0.15, 0.2) is 50.5 Å². The van der Waals surface area contributed by atoms with Gasteiger partial charge < -0.3 is 13.9 Å². The van der Waals surface area contributed by atoms with E-state index in [4.69, 9.17) is 13.9 Å². The highest BCUT2D eigenvalue weighted by Gasteiger charge is 2.33. The van der Waals surface area contributed by atoms with Gasteiger partial charge in [-0.3, -0.25) is 0 Å². The summed E-state index contributed by atoms with van der Waals surface area (Å²) in [5.41, 5.74) is -0.490. The standard InChI is InChI=1S/C19H23NO6S/c1-13(2)24-15-4-6-18(7-5-15)27(22,23)20-9-8-16(12-20)26-17-10-14(3)25-19(21)11-17/h4-7,10-11,13,16H,8-9,12H2,1-3H3. The van der Waals surface area contributed by atoms with E-state index in [1.165, 1.54) is 10.4 Å². The number of hydrogen-bond acceptors (Lipinski definition) is 6. The van der Waals surface area contributed by atoms with E-state index in [1.54, 1.807) is 37.3 Å². The summed E-state index contributed by atoms with van der Waals surface area (Å²) in [5.74, 6) is 1.47. The van der Waals surface area contributed by atoms with Crippen molar-refractivity contribution in [2.24, 2.45) is 0 Å². The van der Waals surface area contributed by atoms with Gasteiger partial charge in [0.15, 0.2) is 0 Å². The molecule has 3 rings (SSSR count). The zero-order valence-corrected chi connectivity index (χ0v) is 16.4. The summed E-state index contributed by atoms with van der Waals surface area (Å²) in [6.07, 6.45) is 0.255. The summed E-state index contributed by atoms with van der Waals surface area (Å²) < 4.78 is 43.3. The van der Waals surface area contributed by atoms with E-state index in [0.29, 0.717) is 30.2 Å². The molecule has 0 aliphatic carbocycles. The minimum absolute atomic E-state index is 0.0213. The van der Waals surface area contributed by atoms with E-state index < -0.39 is 15.6 Å². The monoisotopic (exact) mass is 393 g/mol. The Bertz CT molecular complexity index is 949. The highest BCUT2D eigenvalue weighted by atomic mass is 32.2.